The fourth-order valence-corrected chi connectivity index (χ4v) is 1.73. The maximum Gasteiger partial charge on any atom is 0.0944 e. The molecule has 0 unspecified atom stereocenters. The van der Waals surface area contributed by atoms with E-state index in [2.05, 4.69) is 25.7 Å². The number of hydrogen-bond donors (Lipinski definition) is 3. The molecule has 0 aromatic heterocycles. The number of rotatable bonds is 11. The highest BCUT2D eigenvalue weighted by atomic mass is 16.5. The van der Waals surface area contributed by atoms with Gasteiger partial charge in [0.2, 0.25) is 0 Å². The SMILES string of the molecule is C=C(COC)N[C@@H](CO)[C@H](O)/C=C/CCCC(C)C. The van der Waals surface area contributed by atoms with Crippen molar-refractivity contribution in [3.05, 3.63) is 24.4 Å². The molecule has 3 N–H and O–H groups in total. The van der Waals surface area contributed by atoms with Gasteiger partial charge in [-0.1, -0.05) is 39.0 Å². The summed E-state index contributed by atoms with van der Waals surface area (Å²) in [7, 11) is 1.58. The van der Waals surface area contributed by atoms with Gasteiger partial charge < -0.3 is 20.3 Å². The van der Waals surface area contributed by atoms with Crippen LogP contribution in [0.4, 0.5) is 0 Å². The maximum absolute atomic E-state index is 9.94. The van der Waals surface area contributed by atoms with Crippen LogP contribution in [0.15, 0.2) is 24.4 Å². The van der Waals surface area contributed by atoms with Gasteiger partial charge in [-0.25, -0.2) is 0 Å². The van der Waals surface area contributed by atoms with Crippen molar-refractivity contribution in [2.75, 3.05) is 20.3 Å². The van der Waals surface area contributed by atoms with Crippen LogP contribution in [0.3, 0.4) is 0 Å². The molecule has 4 heteroatoms. The molecule has 0 saturated heterocycles. The third-order valence-corrected chi connectivity index (χ3v) is 2.80. The van der Waals surface area contributed by atoms with Crippen LogP contribution in [-0.4, -0.2) is 42.7 Å². The van der Waals surface area contributed by atoms with E-state index in [-0.39, 0.29) is 6.61 Å². The Hall–Kier alpha value is -0.840. The molecule has 0 fully saturated rings. The molecule has 0 heterocycles. The molecule has 0 aromatic rings. The largest absolute Gasteiger partial charge is 0.394 e. The lowest BCUT2D eigenvalue weighted by Crippen LogP contribution is -2.41. The van der Waals surface area contributed by atoms with Crippen molar-refractivity contribution in [2.24, 2.45) is 5.92 Å². The van der Waals surface area contributed by atoms with Crippen molar-refractivity contribution in [1.82, 2.24) is 5.32 Å². The van der Waals surface area contributed by atoms with Gasteiger partial charge in [-0.2, -0.15) is 0 Å². The lowest BCUT2D eigenvalue weighted by atomic mass is 10.1. The zero-order chi connectivity index (χ0) is 14.7. The monoisotopic (exact) mass is 271 g/mol. The lowest BCUT2D eigenvalue weighted by molar-refractivity contribution is 0.123. The number of aliphatic hydroxyl groups excluding tert-OH is 2. The Kier molecular flexibility index (Phi) is 10.5. The average Bonchev–Trinajstić information content (AvgIpc) is 2.35. The first-order chi connectivity index (χ1) is 9.01. The van der Waals surface area contributed by atoms with Crippen LogP contribution >= 0.6 is 0 Å². The fraction of sp³-hybridized carbons (Fsp3) is 0.733. The smallest absolute Gasteiger partial charge is 0.0944 e. The van der Waals surface area contributed by atoms with E-state index in [4.69, 9.17) is 4.74 Å². The summed E-state index contributed by atoms with van der Waals surface area (Å²) in [6, 6.07) is -0.441. The zero-order valence-corrected chi connectivity index (χ0v) is 12.4. The molecule has 0 amide bonds. The van der Waals surface area contributed by atoms with Crippen LogP contribution in [0.2, 0.25) is 0 Å². The predicted octanol–water partition coefficient (Wildman–Crippen LogP) is 1.84. The molecule has 0 aliphatic rings. The summed E-state index contributed by atoms with van der Waals surface area (Å²) in [6.45, 7) is 8.37. The summed E-state index contributed by atoms with van der Waals surface area (Å²) in [5.74, 6) is 0.711. The normalized spacial score (nSPS) is 14.8. The van der Waals surface area contributed by atoms with E-state index in [1.54, 1.807) is 13.2 Å². The van der Waals surface area contributed by atoms with Crippen LogP contribution in [0.5, 0.6) is 0 Å². The minimum atomic E-state index is -0.724. The molecule has 0 aliphatic carbocycles. The summed E-state index contributed by atoms with van der Waals surface area (Å²) in [5, 5.41) is 22.1. The Morgan fingerprint density at radius 2 is 2.11 bits per heavy atom. The summed E-state index contributed by atoms with van der Waals surface area (Å²) >= 11 is 0. The second-order valence-electron chi connectivity index (χ2n) is 5.21. The van der Waals surface area contributed by atoms with Crippen LogP contribution in [0, 0.1) is 5.92 Å². The molecule has 112 valence electrons. The molecular formula is C15H29NO3. The molecule has 0 radical (unpaired) electrons. The number of unbranched alkanes of at least 4 members (excludes halogenated alkanes) is 1. The molecule has 4 nitrogen and oxygen atoms in total. The number of allylic oxidation sites excluding steroid dienone is 1. The van der Waals surface area contributed by atoms with E-state index >= 15 is 0 Å². The highest BCUT2D eigenvalue weighted by Gasteiger charge is 2.15. The second kappa shape index (κ2) is 11.0. The molecule has 0 aliphatic heterocycles. The summed E-state index contributed by atoms with van der Waals surface area (Å²) in [6.07, 6.45) is 6.23. The number of nitrogens with one attached hydrogen (secondary N) is 1. The lowest BCUT2D eigenvalue weighted by Gasteiger charge is -2.22. The van der Waals surface area contributed by atoms with Crippen molar-refractivity contribution in [3.63, 3.8) is 0 Å². The fourth-order valence-electron chi connectivity index (χ4n) is 1.73. The van der Waals surface area contributed by atoms with Crippen molar-refractivity contribution in [1.29, 1.82) is 0 Å². The standard InChI is InChI=1S/C15H29NO3/c1-12(2)8-6-5-7-9-15(18)14(10-17)16-13(3)11-19-4/h7,9,12,14-18H,3,5-6,8,10-11H2,1-2,4H3/b9-7+/t14-,15+/m0/s1. The van der Waals surface area contributed by atoms with Gasteiger partial charge in [-0.3, -0.25) is 0 Å². The van der Waals surface area contributed by atoms with Crippen molar-refractivity contribution in [3.8, 4) is 0 Å². The summed E-state index contributed by atoms with van der Waals surface area (Å²) < 4.78 is 4.92. The Morgan fingerprint density at radius 3 is 2.63 bits per heavy atom. The van der Waals surface area contributed by atoms with E-state index in [1.165, 1.54) is 6.42 Å². The third kappa shape index (κ3) is 9.70. The maximum atomic E-state index is 9.94. The van der Waals surface area contributed by atoms with Gasteiger partial charge in [0.1, 0.15) is 0 Å². The number of hydrogen-bond acceptors (Lipinski definition) is 4. The Balaban J connectivity index is 4.02. The summed E-state index contributed by atoms with van der Waals surface area (Å²) in [4.78, 5) is 0. The topological polar surface area (TPSA) is 61.7 Å². The number of ether oxygens (including phenoxy) is 1. The van der Waals surface area contributed by atoms with Gasteiger partial charge in [0, 0.05) is 12.8 Å². The third-order valence-electron chi connectivity index (χ3n) is 2.80. The molecular weight excluding hydrogens is 242 g/mol. The first-order valence-corrected chi connectivity index (χ1v) is 6.90. The highest BCUT2D eigenvalue weighted by Crippen LogP contribution is 2.07. The quantitative estimate of drug-likeness (QED) is 0.396. The predicted molar refractivity (Wildman–Crippen MR) is 78.9 cm³/mol. The van der Waals surface area contributed by atoms with Gasteiger partial charge in [-0.05, 0) is 18.8 Å². The molecule has 19 heavy (non-hydrogen) atoms. The Labute approximate surface area is 117 Å². The van der Waals surface area contributed by atoms with Crippen LogP contribution in [0.1, 0.15) is 33.1 Å². The molecule has 0 bridgehead atoms. The average molecular weight is 271 g/mol. The van der Waals surface area contributed by atoms with E-state index in [1.807, 2.05) is 6.08 Å². The first kappa shape index (κ1) is 18.2. The van der Waals surface area contributed by atoms with Gasteiger partial charge in [0.15, 0.2) is 0 Å². The number of methoxy groups -OCH3 is 1. The van der Waals surface area contributed by atoms with Crippen molar-refractivity contribution >= 4 is 0 Å². The van der Waals surface area contributed by atoms with E-state index in [0.717, 1.165) is 12.8 Å². The Morgan fingerprint density at radius 1 is 1.42 bits per heavy atom. The van der Waals surface area contributed by atoms with E-state index < -0.39 is 12.1 Å². The number of aliphatic hydroxyl groups is 2. The van der Waals surface area contributed by atoms with Gasteiger partial charge in [-0.15, -0.1) is 0 Å². The van der Waals surface area contributed by atoms with Crippen LogP contribution < -0.4 is 5.32 Å². The zero-order valence-electron chi connectivity index (χ0n) is 12.4. The van der Waals surface area contributed by atoms with E-state index in [0.29, 0.717) is 18.2 Å². The van der Waals surface area contributed by atoms with E-state index in [9.17, 15) is 10.2 Å². The molecule has 0 spiro atoms. The molecule has 0 rings (SSSR count). The second-order valence-corrected chi connectivity index (χ2v) is 5.21. The molecule has 0 saturated carbocycles. The summed E-state index contributed by atoms with van der Waals surface area (Å²) in [5.41, 5.74) is 0.647. The minimum absolute atomic E-state index is 0.153. The van der Waals surface area contributed by atoms with Crippen LogP contribution in [0.25, 0.3) is 0 Å². The van der Waals surface area contributed by atoms with Gasteiger partial charge in [0.25, 0.3) is 0 Å². The van der Waals surface area contributed by atoms with Crippen molar-refractivity contribution < 1.29 is 14.9 Å². The van der Waals surface area contributed by atoms with Gasteiger partial charge >= 0.3 is 0 Å². The molecule has 2 atom stereocenters. The van der Waals surface area contributed by atoms with Gasteiger partial charge in [0.05, 0.1) is 25.4 Å². The minimum Gasteiger partial charge on any atom is -0.394 e. The first-order valence-electron chi connectivity index (χ1n) is 6.90. The highest BCUT2D eigenvalue weighted by molar-refractivity contribution is 5.01. The van der Waals surface area contributed by atoms with Crippen LogP contribution in [-0.2, 0) is 4.74 Å². The Bertz CT molecular complexity index is 264. The molecule has 0 aromatic carbocycles. The van der Waals surface area contributed by atoms with Crippen molar-refractivity contribution in [2.45, 2.75) is 45.3 Å².